The normalized spacial score (nSPS) is 14.2. The minimum absolute atomic E-state index is 0.130. The van der Waals surface area contributed by atoms with Gasteiger partial charge in [-0.3, -0.25) is 9.59 Å². The van der Waals surface area contributed by atoms with Gasteiger partial charge in [0.1, 0.15) is 10.9 Å². The summed E-state index contributed by atoms with van der Waals surface area (Å²) < 4.78 is 5.51. The van der Waals surface area contributed by atoms with Crippen molar-refractivity contribution in [3.63, 3.8) is 0 Å². The molecule has 1 aromatic rings. The van der Waals surface area contributed by atoms with Crippen molar-refractivity contribution < 1.29 is 19.4 Å². The van der Waals surface area contributed by atoms with Crippen LogP contribution in [0.3, 0.4) is 0 Å². The molecule has 0 saturated carbocycles. The first kappa shape index (κ1) is 24.0. The number of nitrogens with zero attached hydrogens (tertiary/aromatic N) is 1. The number of hydrogen-bond acceptors (Lipinski definition) is 5. The topological polar surface area (TPSA) is 87.4 Å². The molecule has 1 rings (SSSR count). The highest BCUT2D eigenvalue weighted by Gasteiger charge is 2.38. The minimum Gasteiger partial charge on any atom is -0.481 e. The summed E-state index contributed by atoms with van der Waals surface area (Å²) in [6.07, 6.45) is 0.381. The molecule has 2 atom stereocenters. The van der Waals surface area contributed by atoms with Gasteiger partial charge in [0.15, 0.2) is 0 Å². The summed E-state index contributed by atoms with van der Waals surface area (Å²) in [4.78, 5) is 25.5. The van der Waals surface area contributed by atoms with Crippen molar-refractivity contribution in [3.8, 4) is 6.07 Å². The Morgan fingerprint density at radius 1 is 1.14 bits per heavy atom. The Hall–Kier alpha value is -2.00. The van der Waals surface area contributed by atoms with Crippen LogP contribution in [0.25, 0.3) is 0 Å². The van der Waals surface area contributed by atoms with E-state index in [0.29, 0.717) is 6.42 Å². The molecule has 0 fully saturated rings. The molecule has 0 aliphatic heterocycles. The van der Waals surface area contributed by atoms with Crippen LogP contribution in [-0.4, -0.2) is 27.9 Å². The standard InChI is InChI=1S/C22H31NO4S/c1-14(2)12-17(19(24)25)18(20(26)27-21(3,4)5)28-16-10-8-15(9-11-16)22(6,7)13-23/h8-11,14,17-18H,12H2,1-7H3,(H,24,25)/t17-,18?/m1/s1. The number of carbonyl (C=O) groups excluding carboxylic acids is 1. The zero-order chi connectivity index (χ0) is 21.7. The number of thioether (sulfide) groups is 1. The fourth-order valence-electron chi connectivity index (χ4n) is 2.68. The maximum atomic E-state index is 12.8. The first-order valence-electron chi connectivity index (χ1n) is 9.41. The van der Waals surface area contributed by atoms with E-state index in [1.54, 1.807) is 20.8 Å². The van der Waals surface area contributed by atoms with E-state index in [2.05, 4.69) is 6.07 Å². The quantitative estimate of drug-likeness (QED) is 0.482. The summed E-state index contributed by atoms with van der Waals surface area (Å²) in [5, 5.41) is 18.2. The molecule has 5 nitrogen and oxygen atoms in total. The van der Waals surface area contributed by atoms with Gasteiger partial charge in [-0.2, -0.15) is 5.26 Å². The van der Waals surface area contributed by atoms with Gasteiger partial charge < -0.3 is 9.84 Å². The fourth-order valence-corrected chi connectivity index (χ4v) is 3.80. The van der Waals surface area contributed by atoms with Crippen LogP contribution in [0.2, 0.25) is 0 Å². The monoisotopic (exact) mass is 405 g/mol. The van der Waals surface area contributed by atoms with E-state index in [4.69, 9.17) is 4.74 Å². The van der Waals surface area contributed by atoms with Gasteiger partial charge in [0.25, 0.3) is 0 Å². The van der Waals surface area contributed by atoms with Gasteiger partial charge in [-0.25, -0.2) is 0 Å². The molecule has 154 valence electrons. The summed E-state index contributed by atoms with van der Waals surface area (Å²) in [7, 11) is 0. The summed E-state index contributed by atoms with van der Waals surface area (Å²) in [6, 6.07) is 9.59. The van der Waals surface area contributed by atoms with Gasteiger partial charge >= 0.3 is 11.9 Å². The van der Waals surface area contributed by atoms with Crippen LogP contribution >= 0.6 is 11.8 Å². The maximum Gasteiger partial charge on any atom is 0.320 e. The van der Waals surface area contributed by atoms with Crippen LogP contribution in [0, 0.1) is 23.2 Å². The van der Waals surface area contributed by atoms with E-state index in [0.717, 1.165) is 10.5 Å². The van der Waals surface area contributed by atoms with Crippen LogP contribution in [0.4, 0.5) is 0 Å². The number of benzene rings is 1. The van der Waals surface area contributed by atoms with Crippen molar-refractivity contribution >= 4 is 23.7 Å². The average molecular weight is 406 g/mol. The summed E-state index contributed by atoms with van der Waals surface area (Å²) in [5.74, 6) is -2.24. The second-order valence-electron chi connectivity index (χ2n) is 8.91. The van der Waals surface area contributed by atoms with Crippen LogP contribution in [0.1, 0.15) is 60.5 Å². The number of carboxylic acid groups (broad SMARTS) is 1. The zero-order valence-electron chi connectivity index (χ0n) is 17.8. The highest BCUT2D eigenvalue weighted by atomic mass is 32.2. The Morgan fingerprint density at radius 3 is 2.07 bits per heavy atom. The van der Waals surface area contributed by atoms with Crippen LogP contribution in [0.15, 0.2) is 29.2 Å². The van der Waals surface area contributed by atoms with Gasteiger partial charge in [-0.1, -0.05) is 26.0 Å². The second kappa shape index (κ2) is 9.47. The molecule has 1 N–H and O–H groups in total. The van der Waals surface area contributed by atoms with Gasteiger partial charge in [-0.05, 0) is 64.7 Å². The highest BCUT2D eigenvalue weighted by molar-refractivity contribution is 8.00. The molecular formula is C22H31NO4S. The van der Waals surface area contributed by atoms with E-state index in [-0.39, 0.29) is 5.92 Å². The van der Waals surface area contributed by atoms with Gasteiger partial charge in [0, 0.05) is 4.90 Å². The predicted molar refractivity (Wildman–Crippen MR) is 111 cm³/mol. The van der Waals surface area contributed by atoms with E-state index >= 15 is 0 Å². The number of rotatable bonds is 8. The lowest BCUT2D eigenvalue weighted by molar-refractivity contribution is -0.159. The van der Waals surface area contributed by atoms with E-state index in [1.807, 2.05) is 52.0 Å². The Morgan fingerprint density at radius 2 is 1.68 bits per heavy atom. The molecule has 0 heterocycles. The predicted octanol–water partition coefficient (Wildman–Crippen LogP) is 5.04. The molecule has 0 amide bonds. The third kappa shape index (κ3) is 7.20. The fraction of sp³-hybridized carbons (Fsp3) is 0.591. The SMILES string of the molecule is CC(C)C[C@@H](C(=O)O)C(Sc1ccc(C(C)(C)C#N)cc1)C(=O)OC(C)(C)C. The number of esters is 1. The lowest BCUT2D eigenvalue weighted by Crippen LogP contribution is -2.38. The molecule has 0 radical (unpaired) electrons. The van der Waals surface area contributed by atoms with Crippen molar-refractivity contribution in [2.75, 3.05) is 0 Å². The number of aliphatic carboxylic acids is 1. The molecule has 0 bridgehead atoms. The number of ether oxygens (including phenoxy) is 1. The van der Waals surface area contributed by atoms with Crippen molar-refractivity contribution in [1.29, 1.82) is 5.26 Å². The van der Waals surface area contributed by atoms with Gasteiger partial charge in [0.2, 0.25) is 0 Å². The Balaban J connectivity index is 3.19. The Labute approximate surface area is 172 Å². The first-order valence-corrected chi connectivity index (χ1v) is 10.3. The van der Waals surface area contributed by atoms with E-state index in [1.165, 1.54) is 11.8 Å². The highest BCUT2D eigenvalue weighted by Crippen LogP contribution is 2.35. The van der Waals surface area contributed by atoms with Crippen molar-refractivity contribution in [3.05, 3.63) is 29.8 Å². The number of carboxylic acids is 1. The number of nitriles is 1. The smallest absolute Gasteiger partial charge is 0.320 e. The maximum absolute atomic E-state index is 12.8. The van der Waals surface area contributed by atoms with Crippen molar-refractivity contribution in [1.82, 2.24) is 0 Å². The summed E-state index contributed by atoms with van der Waals surface area (Å²) >= 11 is 1.20. The first-order chi connectivity index (χ1) is 12.8. The molecule has 0 spiro atoms. The van der Waals surface area contributed by atoms with Gasteiger partial charge in [-0.15, -0.1) is 11.8 Å². The second-order valence-corrected chi connectivity index (χ2v) is 10.1. The molecule has 0 aliphatic carbocycles. The molecule has 1 unspecified atom stereocenters. The van der Waals surface area contributed by atoms with Gasteiger partial charge in [0.05, 0.1) is 17.4 Å². The molecule has 28 heavy (non-hydrogen) atoms. The molecule has 1 aromatic carbocycles. The van der Waals surface area contributed by atoms with Crippen molar-refractivity contribution in [2.24, 2.45) is 11.8 Å². The average Bonchev–Trinajstić information content (AvgIpc) is 2.56. The molecule has 0 aliphatic rings. The van der Waals surface area contributed by atoms with Crippen LogP contribution in [0.5, 0.6) is 0 Å². The van der Waals surface area contributed by atoms with Crippen molar-refractivity contribution in [2.45, 2.75) is 76.0 Å². The molecule has 0 aromatic heterocycles. The lowest BCUT2D eigenvalue weighted by atomic mass is 9.87. The van der Waals surface area contributed by atoms with E-state index in [9.17, 15) is 20.0 Å². The molecule has 6 heteroatoms. The molecular weight excluding hydrogens is 374 g/mol. The molecule has 0 saturated heterocycles. The third-order valence-corrected chi connectivity index (χ3v) is 5.48. The Bertz CT molecular complexity index is 726. The third-order valence-electron chi connectivity index (χ3n) is 4.17. The number of hydrogen-bond donors (Lipinski definition) is 1. The largest absolute Gasteiger partial charge is 0.481 e. The van der Waals surface area contributed by atoms with Crippen LogP contribution in [-0.2, 0) is 19.7 Å². The van der Waals surface area contributed by atoms with E-state index < -0.39 is 34.1 Å². The summed E-state index contributed by atoms with van der Waals surface area (Å²) in [5.41, 5.74) is -0.447. The summed E-state index contributed by atoms with van der Waals surface area (Å²) in [6.45, 7) is 12.8. The zero-order valence-corrected chi connectivity index (χ0v) is 18.6. The van der Waals surface area contributed by atoms with Crippen LogP contribution < -0.4 is 0 Å². The number of carbonyl (C=O) groups is 2. The Kier molecular flexibility index (Phi) is 8.13. The lowest BCUT2D eigenvalue weighted by Gasteiger charge is -2.28. The minimum atomic E-state index is -1.00.